The smallest absolute Gasteiger partial charge is 0.190 e. The first-order valence-corrected chi connectivity index (χ1v) is 8.80. The predicted molar refractivity (Wildman–Crippen MR) is 93.0 cm³/mol. The molecule has 120 valence electrons. The number of benzene rings is 2. The maximum Gasteiger partial charge on any atom is 0.190 e. The Kier molecular flexibility index (Phi) is 5.46. The van der Waals surface area contributed by atoms with E-state index in [4.69, 9.17) is 18.0 Å². The summed E-state index contributed by atoms with van der Waals surface area (Å²) < 4.78 is 25.6. The number of hydrogen-bond donors (Lipinski definition) is 2. The van der Waals surface area contributed by atoms with Gasteiger partial charge in [0.25, 0.3) is 0 Å². The lowest BCUT2D eigenvalue weighted by atomic mass is 10.1. The van der Waals surface area contributed by atoms with Gasteiger partial charge in [-0.15, -0.1) is 0 Å². The summed E-state index contributed by atoms with van der Waals surface area (Å²) in [5.74, 6) is -0.502. The summed E-state index contributed by atoms with van der Waals surface area (Å²) in [5, 5.41) is 1.21. The molecule has 0 saturated heterocycles. The average molecular weight is 348 g/mol. The van der Waals surface area contributed by atoms with Gasteiger partial charge in [-0.3, -0.25) is 4.79 Å². The number of carbonyl (C=O) groups excluding carboxylic acids is 1. The molecule has 0 amide bonds. The monoisotopic (exact) mass is 348 g/mol. The summed E-state index contributed by atoms with van der Waals surface area (Å²) >= 11 is 4.72. The van der Waals surface area contributed by atoms with E-state index in [-0.39, 0.29) is 16.6 Å². The van der Waals surface area contributed by atoms with Crippen LogP contribution < -0.4 is 11.1 Å². The van der Waals surface area contributed by atoms with Crippen molar-refractivity contribution in [1.29, 1.82) is 0 Å². The molecule has 23 heavy (non-hydrogen) atoms. The van der Waals surface area contributed by atoms with Gasteiger partial charge in [0.05, 0.1) is 4.90 Å². The SMILES string of the molecule is NC(=S)NCC(C(=O)c1ccccc1)S(=O)(=O)c1ccccc1. The number of Topliss-reactive ketones (excluding diaryl/α,β-unsaturated/α-hetero) is 1. The third kappa shape index (κ3) is 4.14. The summed E-state index contributed by atoms with van der Waals surface area (Å²) in [6, 6.07) is 16.1. The van der Waals surface area contributed by atoms with Crippen LogP contribution in [0.1, 0.15) is 10.4 Å². The Labute approximate surface area is 140 Å². The molecule has 0 fully saturated rings. The van der Waals surface area contributed by atoms with Crippen LogP contribution in [-0.2, 0) is 9.84 Å². The molecule has 3 N–H and O–H groups in total. The lowest BCUT2D eigenvalue weighted by molar-refractivity contribution is 0.0987. The fraction of sp³-hybridized carbons (Fsp3) is 0.125. The van der Waals surface area contributed by atoms with E-state index in [1.54, 1.807) is 48.5 Å². The van der Waals surface area contributed by atoms with Crippen LogP contribution in [0.5, 0.6) is 0 Å². The zero-order valence-corrected chi connectivity index (χ0v) is 13.8. The molecule has 0 aliphatic carbocycles. The topological polar surface area (TPSA) is 89.3 Å². The van der Waals surface area contributed by atoms with Gasteiger partial charge in [0.1, 0.15) is 5.25 Å². The van der Waals surface area contributed by atoms with E-state index in [0.717, 1.165) is 0 Å². The molecule has 2 aromatic rings. The predicted octanol–water partition coefficient (Wildman–Crippen LogP) is 1.54. The van der Waals surface area contributed by atoms with Gasteiger partial charge in [0.2, 0.25) is 0 Å². The summed E-state index contributed by atoms with van der Waals surface area (Å²) in [6.45, 7) is -0.180. The number of ketones is 1. The Balaban J connectivity index is 2.42. The zero-order chi connectivity index (χ0) is 16.9. The second kappa shape index (κ2) is 7.34. The molecule has 0 aliphatic heterocycles. The van der Waals surface area contributed by atoms with Gasteiger partial charge in [0, 0.05) is 12.1 Å². The molecule has 0 radical (unpaired) electrons. The Bertz CT molecular complexity index is 791. The van der Waals surface area contributed by atoms with E-state index in [0.29, 0.717) is 5.56 Å². The molecule has 0 spiro atoms. The van der Waals surface area contributed by atoms with Crippen molar-refractivity contribution < 1.29 is 13.2 Å². The highest BCUT2D eigenvalue weighted by Crippen LogP contribution is 2.19. The molecule has 7 heteroatoms. The third-order valence-electron chi connectivity index (χ3n) is 3.26. The Morgan fingerprint density at radius 1 is 1.04 bits per heavy atom. The van der Waals surface area contributed by atoms with Gasteiger partial charge in [-0.25, -0.2) is 8.42 Å². The number of sulfone groups is 1. The standard InChI is InChI=1S/C16H16N2O3S2/c17-16(22)18-11-14(15(19)12-7-3-1-4-8-12)23(20,21)13-9-5-2-6-10-13/h1-10,14H,11H2,(H3,17,18,22). The molecule has 1 atom stereocenters. The summed E-state index contributed by atoms with van der Waals surface area (Å²) in [6.07, 6.45) is 0. The molecule has 2 aromatic carbocycles. The number of nitrogens with one attached hydrogen (secondary N) is 1. The van der Waals surface area contributed by atoms with Crippen molar-refractivity contribution >= 4 is 33.0 Å². The summed E-state index contributed by atoms with van der Waals surface area (Å²) in [5.41, 5.74) is 5.70. The lowest BCUT2D eigenvalue weighted by Crippen LogP contribution is -2.43. The van der Waals surface area contributed by atoms with Crippen LogP contribution >= 0.6 is 12.2 Å². The molecular weight excluding hydrogens is 332 g/mol. The fourth-order valence-electron chi connectivity index (χ4n) is 2.10. The molecular formula is C16H16N2O3S2. The first kappa shape index (κ1) is 17.1. The van der Waals surface area contributed by atoms with Gasteiger partial charge in [-0.05, 0) is 24.4 Å². The van der Waals surface area contributed by atoms with Gasteiger partial charge in [0.15, 0.2) is 20.7 Å². The highest BCUT2D eigenvalue weighted by molar-refractivity contribution is 7.93. The lowest BCUT2D eigenvalue weighted by Gasteiger charge is -2.17. The van der Waals surface area contributed by atoms with E-state index in [1.807, 2.05) is 0 Å². The van der Waals surface area contributed by atoms with Crippen molar-refractivity contribution in [1.82, 2.24) is 5.32 Å². The van der Waals surface area contributed by atoms with Crippen molar-refractivity contribution in [2.24, 2.45) is 5.73 Å². The van der Waals surface area contributed by atoms with Crippen molar-refractivity contribution in [3.05, 3.63) is 66.2 Å². The van der Waals surface area contributed by atoms with Crippen LogP contribution in [-0.4, -0.2) is 31.1 Å². The Morgan fingerprint density at radius 3 is 2.09 bits per heavy atom. The number of nitrogens with two attached hydrogens (primary N) is 1. The minimum Gasteiger partial charge on any atom is -0.376 e. The Hall–Kier alpha value is -2.25. The van der Waals surface area contributed by atoms with Crippen LogP contribution in [0.3, 0.4) is 0 Å². The minimum atomic E-state index is -3.87. The number of rotatable bonds is 6. The second-order valence-electron chi connectivity index (χ2n) is 4.82. The normalized spacial score (nSPS) is 12.3. The molecule has 5 nitrogen and oxygen atoms in total. The van der Waals surface area contributed by atoms with Gasteiger partial charge < -0.3 is 11.1 Å². The van der Waals surface area contributed by atoms with Crippen LogP contribution in [0, 0.1) is 0 Å². The number of carbonyl (C=O) groups is 1. The maximum absolute atomic E-state index is 12.8. The van der Waals surface area contributed by atoms with Gasteiger partial charge in [-0.2, -0.15) is 0 Å². The maximum atomic E-state index is 12.8. The first-order chi connectivity index (χ1) is 10.9. The fourth-order valence-corrected chi connectivity index (χ4v) is 3.77. The minimum absolute atomic E-state index is 0.0564. The highest BCUT2D eigenvalue weighted by Gasteiger charge is 2.34. The largest absolute Gasteiger partial charge is 0.376 e. The Morgan fingerprint density at radius 2 is 1.57 bits per heavy atom. The number of hydrogen-bond acceptors (Lipinski definition) is 4. The van der Waals surface area contributed by atoms with Gasteiger partial charge in [-0.1, -0.05) is 48.5 Å². The quantitative estimate of drug-likeness (QED) is 0.608. The number of thiocarbonyl (C=S) groups is 1. The molecule has 0 bridgehead atoms. The molecule has 0 saturated carbocycles. The molecule has 0 heterocycles. The van der Waals surface area contributed by atoms with Gasteiger partial charge >= 0.3 is 0 Å². The van der Waals surface area contributed by atoms with Crippen molar-refractivity contribution in [3.63, 3.8) is 0 Å². The second-order valence-corrected chi connectivity index (χ2v) is 7.39. The zero-order valence-electron chi connectivity index (χ0n) is 12.2. The molecule has 2 rings (SSSR count). The van der Waals surface area contributed by atoms with Crippen LogP contribution in [0.25, 0.3) is 0 Å². The van der Waals surface area contributed by atoms with E-state index < -0.39 is 20.9 Å². The van der Waals surface area contributed by atoms with E-state index in [2.05, 4.69) is 5.32 Å². The third-order valence-corrected chi connectivity index (χ3v) is 5.46. The van der Waals surface area contributed by atoms with Crippen LogP contribution in [0.15, 0.2) is 65.6 Å². The van der Waals surface area contributed by atoms with E-state index in [9.17, 15) is 13.2 Å². The van der Waals surface area contributed by atoms with Crippen molar-refractivity contribution in [2.45, 2.75) is 10.1 Å². The average Bonchev–Trinajstić information content (AvgIpc) is 2.56. The molecule has 0 aromatic heterocycles. The summed E-state index contributed by atoms with van der Waals surface area (Å²) in [4.78, 5) is 12.8. The molecule has 1 unspecified atom stereocenters. The molecule has 0 aliphatic rings. The first-order valence-electron chi connectivity index (χ1n) is 6.84. The van der Waals surface area contributed by atoms with Crippen LogP contribution in [0.2, 0.25) is 0 Å². The van der Waals surface area contributed by atoms with E-state index >= 15 is 0 Å². The summed E-state index contributed by atoms with van der Waals surface area (Å²) in [7, 11) is -3.87. The highest BCUT2D eigenvalue weighted by atomic mass is 32.2. The van der Waals surface area contributed by atoms with Crippen molar-refractivity contribution in [3.8, 4) is 0 Å². The van der Waals surface area contributed by atoms with Crippen molar-refractivity contribution in [2.75, 3.05) is 6.54 Å². The van der Waals surface area contributed by atoms with Crippen LogP contribution in [0.4, 0.5) is 0 Å². The van der Waals surface area contributed by atoms with E-state index in [1.165, 1.54) is 12.1 Å².